The smallest absolute Gasteiger partial charge is 0.256 e. The van der Waals surface area contributed by atoms with E-state index in [1.165, 1.54) is 12.1 Å². The molecule has 0 bridgehead atoms. The molecule has 3 heterocycles. The number of fused-ring (bicyclic) bond motifs is 2. The molecule has 0 radical (unpaired) electrons. The van der Waals surface area contributed by atoms with Gasteiger partial charge in [0.15, 0.2) is 0 Å². The lowest BCUT2D eigenvalue weighted by Crippen LogP contribution is -2.26. The highest BCUT2D eigenvalue weighted by Gasteiger charge is 2.24. The van der Waals surface area contributed by atoms with E-state index >= 15 is 0 Å². The number of anilines is 1. The third-order valence-corrected chi connectivity index (χ3v) is 6.12. The average Bonchev–Trinajstić information content (AvgIpc) is 2.80. The summed E-state index contributed by atoms with van der Waals surface area (Å²) in [5, 5.41) is 0.373. The molecule has 5 rings (SSSR count). The molecule has 168 valence electrons. The van der Waals surface area contributed by atoms with Gasteiger partial charge < -0.3 is 20.4 Å². The highest BCUT2D eigenvalue weighted by molar-refractivity contribution is 5.89. The fourth-order valence-electron chi connectivity index (χ4n) is 4.41. The molecule has 1 aliphatic heterocycles. The van der Waals surface area contributed by atoms with Crippen LogP contribution in [0.1, 0.15) is 18.0 Å². The molecule has 0 aliphatic carbocycles. The van der Waals surface area contributed by atoms with E-state index in [1.807, 2.05) is 26.2 Å². The van der Waals surface area contributed by atoms with Gasteiger partial charge in [-0.1, -0.05) is 12.1 Å². The van der Waals surface area contributed by atoms with E-state index in [1.54, 1.807) is 18.2 Å². The lowest BCUT2D eigenvalue weighted by atomic mass is 9.94. The fourth-order valence-corrected chi connectivity index (χ4v) is 4.41. The summed E-state index contributed by atoms with van der Waals surface area (Å²) in [6.45, 7) is 0.623. The molecule has 0 amide bonds. The largest absolute Gasteiger partial charge is 0.493 e. The zero-order chi connectivity index (χ0) is 23.3. The number of H-pyrrole nitrogens is 1. The summed E-state index contributed by atoms with van der Waals surface area (Å²) in [7, 11) is 4.00. The van der Waals surface area contributed by atoms with E-state index in [0.717, 1.165) is 23.9 Å². The topological polar surface area (TPSA) is 84.2 Å². The number of nitrogens with one attached hydrogen (secondary N) is 1. The number of hydrogen-bond donors (Lipinski definition) is 2. The molecule has 2 aromatic heterocycles. The second-order valence-corrected chi connectivity index (χ2v) is 8.35. The van der Waals surface area contributed by atoms with Crippen molar-refractivity contribution < 1.29 is 13.5 Å². The van der Waals surface area contributed by atoms with Crippen LogP contribution in [-0.4, -0.2) is 35.6 Å². The number of aromatic nitrogens is 2. The van der Waals surface area contributed by atoms with Gasteiger partial charge in [-0.15, -0.1) is 0 Å². The van der Waals surface area contributed by atoms with Crippen molar-refractivity contribution in [3.63, 3.8) is 0 Å². The fraction of sp³-hybridized carbons (Fsp3) is 0.200. The van der Waals surface area contributed by atoms with Gasteiger partial charge >= 0.3 is 0 Å². The number of halogens is 2. The predicted molar refractivity (Wildman–Crippen MR) is 124 cm³/mol. The highest BCUT2D eigenvalue weighted by Crippen LogP contribution is 2.39. The van der Waals surface area contributed by atoms with Crippen molar-refractivity contribution in [3.8, 4) is 28.0 Å². The van der Waals surface area contributed by atoms with Crippen LogP contribution >= 0.6 is 0 Å². The van der Waals surface area contributed by atoms with Gasteiger partial charge in [-0.25, -0.2) is 9.37 Å². The van der Waals surface area contributed by atoms with Crippen LogP contribution in [0.3, 0.4) is 0 Å². The number of benzene rings is 2. The molecular weight excluding hydrogens is 426 g/mol. The van der Waals surface area contributed by atoms with Crippen LogP contribution < -0.4 is 16.0 Å². The maximum atomic E-state index is 15.0. The first-order valence-corrected chi connectivity index (χ1v) is 10.5. The maximum Gasteiger partial charge on any atom is 0.256 e. The number of pyridine rings is 2. The minimum atomic E-state index is -0.697. The summed E-state index contributed by atoms with van der Waals surface area (Å²) >= 11 is 0. The number of nitrogens with zero attached hydrogens (tertiary/aromatic N) is 2. The van der Waals surface area contributed by atoms with Crippen LogP contribution in [0.5, 0.6) is 5.75 Å². The summed E-state index contributed by atoms with van der Waals surface area (Å²) in [5.74, 6) is -0.501. The number of aromatic amines is 1. The summed E-state index contributed by atoms with van der Waals surface area (Å²) in [6.07, 6.45) is 1.85. The van der Waals surface area contributed by atoms with Crippen LogP contribution in [-0.2, 0) is 0 Å². The first-order chi connectivity index (χ1) is 15.8. The van der Waals surface area contributed by atoms with Crippen LogP contribution in [0, 0.1) is 11.8 Å². The predicted octanol–water partition coefficient (Wildman–Crippen LogP) is 4.50. The maximum absolute atomic E-state index is 15.0. The van der Waals surface area contributed by atoms with Crippen LogP contribution in [0.2, 0.25) is 0 Å². The summed E-state index contributed by atoms with van der Waals surface area (Å²) in [6, 6.07) is 12.0. The lowest BCUT2D eigenvalue weighted by Gasteiger charge is -2.31. The van der Waals surface area contributed by atoms with Gasteiger partial charge in [0.2, 0.25) is 5.95 Å². The Morgan fingerprint density at radius 2 is 1.82 bits per heavy atom. The molecule has 6 nitrogen and oxygen atoms in total. The first kappa shape index (κ1) is 21.1. The summed E-state index contributed by atoms with van der Waals surface area (Å²) in [5.41, 5.74) is 8.53. The zero-order valence-corrected chi connectivity index (χ0v) is 18.2. The van der Waals surface area contributed by atoms with Gasteiger partial charge in [0, 0.05) is 46.1 Å². The normalized spacial score (nSPS) is 15.5. The van der Waals surface area contributed by atoms with Gasteiger partial charge in [0.25, 0.3) is 5.56 Å². The molecule has 2 aromatic carbocycles. The Morgan fingerprint density at radius 3 is 2.61 bits per heavy atom. The molecule has 3 N–H and O–H groups in total. The van der Waals surface area contributed by atoms with Crippen molar-refractivity contribution in [2.24, 2.45) is 0 Å². The molecule has 4 aromatic rings. The first-order valence-electron chi connectivity index (χ1n) is 10.5. The number of rotatable bonds is 3. The van der Waals surface area contributed by atoms with Crippen molar-refractivity contribution in [1.82, 2.24) is 14.9 Å². The van der Waals surface area contributed by atoms with Crippen molar-refractivity contribution in [2.45, 2.75) is 12.5 Å². The molecule has 1 aliphatic rings. The molecule has 1 atom stereocenters. The van der Waals surface area contributed by atoms with Crippen LogP contribution in [0.15, 0.2) is 53.5 Å². The molecular formula is C25H22F2N4O2. The number of nitrogens with two attached hydrogens (primary N) is 1. The third kappa shape index (κ3) is 3.62. The van der Waals surface area contributed by atoms with Crippen molar-refractivity contribution in [2.75, 3.05) is 26.4 Å². The highest BCUT2D eigenvalue weighted by atomic mass is 19.1. The Hall–Kier alpha value is -3.78. The van der Waals surface area contributed by atoms with Gasteiger partial charge in [-0.2, -0.15) is 4.39 Å². The molecule has 0 saturated carbocycles. The van der Waals surface area contributed by atoms with Crippen LogP contribution in [0.4, 0.5) is 14.6 Å². The summed E-state index contributed by atoms with van der Waals surface area (Å²) < 4.78 is 35.1. The monoisotopic (exact) mass is 448 g/mol. The van der Waals surface area contributed by atoms with Crippen molar-refractivity contribution in [1.29, 1.82) is 0 Å². The zero-order valence-electron chi connectivity index (χ0n) is 18.2. The van der Waals surface area contributed by atoms with Gasteiger partial charge in [0.05, 0.1) is 6.61 Å². The third-order valence-electron chi connectivity index (χ3n) is 6.12. The van der Waals surface area contributed by atoms with Crippen molar-refractivity contribution >= 4 is 16.6 Å². The number of hydrogen-bond acceptors (Lipinski definition) is 5. The molecule has 8 heteroatoms. The molecule has 0 saturated heterocycles. The lowest BCUT2D eigenvalue weighted by molar-refractivity contribution is 0.190. The van der Waals surface area contributed by atoms with Crippen molar-refractivity contribution in [3.05, 3.63) is 76.3 Å². The second kappa shape index (κ2) is 7.97. The Labute approximate surface area is 188 Å². The van der Waals surface area contributed by atoms with E-state index in [2.05, 4.69) is 14.9 Å². The SMILES string of the molecule is CN(C)[C@@H]1CCOc2ccc(-c3cc(-c4ccc5c(=O)[nH]cc(F)c5c4)c(N)nc3F)cc21. The molecule has 33 heavy (non-hydrogen) atoms. The van der Waals surface area contributed by atoms with Gasteiger partial charge in [-0.05, 0) is 55.6 Å². The van der Waals surface area contributed by atoms with Gasteiger partial charge in [-0.3, -0.25) is 4.79 Å². The average molecular weight is 448 g/mol. The molecule has 0 unspecified atom stereocenters. The quantitative estimate of drug-likeness (QED) is 0.451. The Morgan fingerprint density at radius 1 is 1.06 bits per heavy atom. The summed E-state index contributed by atoms with van der Waals surface area (Å²) in [4.78, 5) is 20.4. The minimum absolute atomic E-state index is 0.0201. The standard InChI is InChI=1S/C25H22F2N4O2/c1-31(2)21-7-8-33-22-6-4-13(10-19(21)22)16-11-17(24(28)30-23(16)27)14-3-5-15-18(9-14)20(26)12-29-25(15)32/h3-6,9-12,21H,7-8H2,1-2H3,(H2,28,30)(H,29,32)/t21-/m1/s1. The van der Waals surface area contributed by atoms with Crippen LogP contribution in [0.25, 0.3) is 33.0 Å². The molecule has 0 spiro atoms. The minimum Gasteiger partial charge on any atom is -0.493 e. The number of nitrogen functional groups attached to an aromatic ring is 1. The van der Waals surface area contributed by atoms with E-state index in [9.17, 15) is 13.6 Å². The van der Waals surface area contributed by atoms with E-state index in [4.69, 9.17) is 10.5 Å². The van der Waals surface area contributed by atoms with Gasteiger partial charge in [0.1, 0.15) is 17.4 Å². The number of ether oxygens (including phenoxy) is 1. The van der Waals surface area contributed by atoms with E-state index in [-0.39, 0.29) is 28.2 Å². The van der Waals surface area contributed by atoms with E-state index in [0.29, 0.717) is 23.3 Å². The van der Waals surface area contributed by atoms with E-state index < -0.39 is 17.3 Å². The Bertz CT molecular complexity index is 1450. The molecule has 0 fully saturated rings. The Balaban J connectivity index is 1.65. The second-order valence-electron chi connectivity index (χ2n) is 8.35. The Kier molecular flexibility index (Phi) is 5.09.